The highest BCUT2D eigenvalue weighted by molar-refractivity contribution is 7.47. The van der Waals surface area contributed by atoms with Gasteiger partial charge in [-0.25, -0.2) is 9.34 Å². The normalized spacial score (nSPS) is 35.2. The van der Waals surface area contributed by atoms with Gasteiger partial charge in [-0.1, -0.05) is 19.8 Å². The lowest BCUT2D eigenvalue weighted by atomic mass is 9.91. The van der Waals surface area contributed by atoms with Crippen molar-refractivity contribution in [3.8, 4) is 0 Å². The Morgan fingerprint density at radius 1 is 1.19 bits per heavy atom. The molecule has 3 atom stereocenters. The molecule has 1 aliphatic heterocycles. The number of nitrogens with zero attached hydrogens (tertiary/aromatic N) is 2. The number of fused-ring (bicyclic) bond motifs is 1. The van der Waals surface area contributed by atoms with Crippen LogP contribution in [0.2, 0.25) is 0 Å². The van der Waals surface area contributed by atoms with Gasteiger partial charge in [-0.2, -0.15) is 0 Å². The molecular weight excluding hydrogens is 219 g/mol. The second kappa shape index (κ2) is 5.30. The molecule has 0 spiro atoms. The Bertz CT molecular complexity index is 221. The summed E-state index contributed by atoms with van der Waals surface area (Å²) < 4.78 is 11.2. The summed E-state index contributed by atoms with van der Waals surface area (Å²) >= 11 is 0. The summed E-state index contributed by atoms with van der Waals surface area (Å²) in [5.74, 6) is 0. The monoisotopic (exact) mass is 244 g/mol. The minimum atomic E-state index is -0.496. The van der Waals surface area contributed by atoms with Crippen LogP contribution in [0.15, 0.2) is 0 Å². The van der Waals surface area contributed by atoms with Crippen LogP contribution in [-0.4, -0.2) is 41.6 Å². The van der Waals surface area contributed by atoms with Gasteiger partial charge in [0.15, 0.2) is 8.45 Å². The second-order valence-corrected chi connectivity index (χ2v) is 7.12. The lowest BCUT2D eigenvalue weighted by Gasteiger charge is -2.28. The summed E-state index contributed by atoms with van der Waals surface area (Å²) in [5, 5.41) is 0. The lowest BCUT2D eigenvalue weighted by Crippen LogP contribution is -2.37. The Kier molecular flexibility index (Phi) is 4.23. The summed E-state index contributed by atoms with van der Waals surface area (Å²) in [6.45, 7) is 4.38. The lowest BCUT2D eigenvalue weighted by molar-refractivity contribution is 0.214. The van der Waals surface area contributed by atoms with Crippen molar-refractivity contribution in [1.82, 2.24) is 9.34 Å². The number of rotatable bonds is 3. The molecule has 0 radical (unpaired) electrons. The van der Waals surface area contributed by atoms with Gasteiger partial charge in [0.25, 0.3) is 0 Å². The predicted octanol–water partition coefficient (Wildman–Crippen LogP) is 3.22. The predicted molar refractivity (Wildman–Crippen MR) is 69.3 cm³/mol. The first-order valence-corrected chi connectivity index (χ1v) is 7.74. The number of likely N-dealkylation sites (N-methyl/N-ethyl adjacent to an activating group) is 2. The van der Waals surface area contributed by atoms with E-state index in [1.54, 1.807) is 0 Å². The van der Waals surface area contributed by atoms with Gasteiger partial charge >= 0.3 is 0 Å². The van der Waals surface area contributed by atoms with Crippen molar-refractivity contribution in [3.05, 3.63) is 0 Å². The van der Waals surface area contributed by atoms with Gasteiger partial charge in [-0.05, 0) is 40.3 Å². The zero-order valence-corrected chi connectivity index (χ0v) is 11.9. The van der Waals surface area contributed by atoms with E-state index in [4.69, 9.17) is 4.52 Å². The first kappa shape index (κ1) is 12.8. The highest BCUT2D eigenvalue weighted by Crippen LogP contribution is 2.56. The molecule has 16 heavy (non-hydrogen) atoms. The average molecular weight is 244 g/mol. The van der Waals surface area contributed by atoms with Gasteiger partial charge in [0.1, 0.15) is 0 Å². The highest BCUT2D eigenvalue weighted by atomic mass is 31.2. The number of hydrogen-bond donors (Lipinski definition) is 0. The van der Waals surface area contributed by atoms with Gasteiger partial charge in [0.05, 0.1) is 6.10 Å². The van der Waals surface area contributed by atoms with E-state index in [2.05, 4.69) is 37.3 Å². The maximum absolute atomic E-state index is 6.19. The summed E-state index contributed by atoms with van der Waals surface area (Å²) in [6, 6.07) is 1.49. The van der Waals surface area contributed by atoms with E-state index in [1.165, 1.54) is 25.7 Å². The summed E-state index contributed by atoms with van der Waals surface area (Å²) in [6.07, 6.45) is 6.99. The van der Waals surface area contributed by atoms with E-state index in [1.807, 2.05) is 0 Å². The van der Waals surface area contributed by atoms with Crippen molar-refractivity contribution in [1.29, 1.82) is 0 Å². The molecule has 0 N–H and O–H groups in total. The van der Waals surface area contributed by atoms with E-state index >= 15 is 0 Å². The zero-order chi connectivity index (χ0) is 11.7. The van der Waals surface area contributed by atoms with Crippen LogP contribution in [0.3, 0.4) is 0 Å². The molecule has 1 heterocycles. The molecule has 0 aromatic carbocycles. The molecule has 0 unspecified atom stereocenters. The molecule has 2 rings (SSSR count). The summed E-state index contributed by atoms with van der Waals surface area (Å²) in [4.78, 5) is 0. The molecule has 0 bridgehead atoms. The molecule has 0 aromatic heterocycles. The Morgan fingerprint density at radius 3 is 2.12 bits per heavy atom. The topological polar surface area (TPSA) is 15.7 Å². The maximum Gasteiger partial charge on any atom is 0.188 e. The van der Waals surface area contributed by atoms with Crippen LogP contribution < -0.4 is 0 Å². The number of hydrogen-bond acceptors (Lipinski definition) is 3. The summed E-state index contributed by atoms with van der Waals surface area (Å²) in [7, 11) is 4.00. The van der Waals surface area contributed by atoms with Crippen LogP contribution >= 0.6 is 8.45 Å². The SMILES string of the molecule is CC[C@H](C)OP1N(C)[C@@H]2CCCC[C@H]2N1C. The maximum atomic E-state index is 6.19. The van der Waals surface area contributed by atoms with E-state index in [9.17, 15) is 0 Å². The van der Waals surface area contributed by atoms with Crippen molar-refractivity contribution in [2.75, 3.05) is 14.1 Å². The summed E-state index contributed by atoms with van der Waals surface area (Å²) in [5.41, 5.74) is 0. The molecule has 2 fully saturated rings. The van der Waals surface area contributed by atoms with Crippen molar-refractivity contribution < 1.29 is 4.52 Å². The standard InChI is InChI=1S/C12H25N2OP/c1-5-10(2)15-16-13(3)11-8-6-7-9-12(11)14(16)4/h10-12H,5-9H2,1-4H3/t10-,11+,12+/m0/s1. The molecule has 1 saturated carbocycles. The third kappa shape index (κ3) is 2.28. The zero-order valence-electron chi connectivity index (χ0n) is 11.0. The molecule has 1 saturated heterocycles. The third-order valence-corrected chi connectivity index (χ3v) is 6.26. The first-order valence-electron chi connectivity index (χ1n) is 6.57. The molecule has 0 aromatic rings. The Balaban J connectivity index is 2.03. The van der Waals surface area contributed by atoms with Crippen LogP contribution in [0.1, 0.15) is 46.0 Å². The van der Waals surface area contributed by atoms with Gasteiger partial charge < -0.3 is 4.52 Å². The molecule has 94 valence electrons. The fraction of sp³-hybridized carbons (Fsp3) is 1.00. The Hall–Kier alpha value is 0.310. The highest BCUT2D eigenvalue weighted by Gasteiger charge is 2.45. The molecule has 2 aliphatic rings. The van der Waals surface area contributed by atoms with E-state index in [0.717, 1.165) is 18.5 Å². The van der Waals surface area contributed by atoms with Crippen molar-refractivity contribution in [2.45, 2.75) is 64.1 Å². The van der Waals surface area contributed by atoms with Crippen molar-refractivity contribution in [2.24, 2.45) is 0 Å². The van der Waals surface area contributed by atoms with Crippen LogP contribution in [0.4, 0.5) is 0 Å². The van der Waals surface area contributed by atoms with Crippen molar-refractivity contribution in [3.63, 3.8) is 0 Å². The van der Waals surface area contributed by atoms with Gasteiger partial charge in [0, 0.05) is 12.1 Å². The molecule has 1 aliphatic carbocycles. The third-order valence-electron chi connectivity index (χ3n) is 4.04. The fourth-order valence-electron chi connectivity index (χ4n) is 2.82. The molecular formula is C12H25N2OP. The van der Waals surface area contributed by atoms with E-state index < -0.39 is 8.45 Å². The van der Waals surface area contributed by atoms with Gasteiger partial charge in [-0.15, -0.1) is 0 Å². The van der Waals surface area contributed by atoms with Gasteiger partial charge in [-0.3, -0.25) is 0 Å². The quantitative estimate of drug-likeness (QED) is 0.709. The van der Waals surface area contributed by atoms with Gasteiger partial charge in [0.2, 0.25) is 0 Å². The van der Waals surface area contributed by atoms with Crippen LogP contribution in [0.25, 0.3) is 0 Å². The van der Waals surface area contributed by atoms with Crippen LogP contribution in [-0.2, 0) is 4.52 Å². The van der Waals surface area contributed by atoms with Crippen LogP contribution in [0.5, 0.6) is 0 Å². The van der Waals surface area contributed by atoms with E-state index in [0.29, 0.717) is 6.10 Å². The average Bonchev–Trinajstić information content (AvgIpc) is 2.55. The molecule has 3 nitrogen and oxygen atoms in total. The Morgan fingerprint density at radius 2 is 1.69 bits per heavy atom. The molecule has 0 amide bonds. The Labute approximate surface area is 101 Å². The smallest absolute Gasteiger partial charge is 0.188 e. The minimum absolute atomic E-state index is 0.385. The molecule has 4 heteroatoms. The largest absolute Gasteiger partial charge is 0.328 e. The van der Waals surface area contributed by atoms with E-state index in [-0.39, 0.29) is 0 Å². The fourth-order valence-corrected chi connectivity index (χ4v) is 5.08. The van der Waals surface area contributed by atoms with Crippen LogP contribution in [0, 0.1) is 0 Å². The minimum Gasteiger partial charge on any atom is -0.328 e. The van der Waals surface area contributed by atoms with Crippen molar-refractivity contribution >= 4 is 8.45 Å². The second-order valence-electron chi connectivity index (χ2n) is 5.14. The first-order chi connectivity index (χ1) is 7.65.